The number of rotatable bonds is 5. The highest BCUT2D eigenvalue weighted by molar-refractivity contribution is 6.03. The summed E-state index contributed by atoms with van der Waals surface area (Å²) in [6.07, 6.45) is -5.17. The van der Waals surface area contributed by atoms with Crippen LogP contribution in [-0.2, 0) is 30.0 Å². The molecule has 2 rings (SSSR count). The van der Waals surface area contributed by atoms with E-state index < -0.39 is 29.8 Å². The van der Waals surface area contributed by atoms with Crippen molar-refractivity contribution < 1.29 is 41.7 Å². The Kier molecular flexibility index (Phi) is 6.55. The van der Waals surface area contributed by atoms with Crippen molar-refractivity contribution in [2.75, 3.05) is 32.5 Å². The van der Waals surface area contributed by atoms with Gasteiger partial charge in [-0.2, -0.15) is 13.2 Å². The van der Waals surface area contributed by atoms with Gasteiger partial charge >= 0.3 is 18.1 Å². The van der Waals surface area contributed by atoms with E-state index >= 15 is 0 Å². The van der Waals surface area contributed by atoms with Gasteiger partial charge in [0.25, 0.3) is 0 Å². The molecular formula is C18H20F3NO6. The predicted molar refractivity (Wildman–Crippen MR) is 91.6 cm³/mol. The van der Waals surface area contributed by atoms with E-state index in [4.69, 9.17) is 14.2 Å². The van der Waals surface area contributed by atoms with Gasteiger partial charge in [0.2, 0.25) is 0 Å². The Morgan fingerprint density at radius 2 is 1.79 bits per heavy atom. The monoisotopic (exact) mass is 403 g/mol. The fourth-order valence-electron chi connectivity index (χ4n) is 2.61. The van der Waals surface area contributed by atoms with Gasteiger partial charge in [-0.05, 0) is 32.0 Å². The summed E-state index contributed by atoms with van der Waals surface area (Å²) in [5, 5.41) is 0. The third kappa shape index (κ3) is 4.56. The molecule has 1 aliphatic heterocycles. The highest BCUT2D eigenvalue weighted by Gasteiger charge is 2.37. The van der Waals surface area contributed by atoms with Crippen molar-refractivity contribution in [1.82, 2.24) is 0 Å². The lowest BCUT2D eigenvalue weighted by Gasteiger charge is -2.32. The molecule has 0 radical (unpaired) electrons. The molecule has 0 bridgehead atoms. The van der Waals surface area contributed by atoms with Gasteiger partial charge in [0.15, 0.2) is 0 Å². The maximum atomic E-state index is 13.5. The molecule has 0 aliphatic carbocycles. The fourth-order valence-corrected chi connectivity index (χ4v) is 2.61. The molecule has 7 nitrogen and oxygen atoms in total. The number of nitrogens with zero attached hydrogens (tertiary/aromatic N) is 1. The van der Waals surface area contributed by atoms with Crippen LogP contribution in [0.15, 0.2) is 29.5 Å². The van der Waals surface area contributed by atoms with Crippen molar-refractivity contribution in [2.45, 2.75) is 26.1 Å². The highest BCUT2D eigenvalue weighted by Crippen LogP contribution is 2.40. The molecule has 0 aromatic heterocycles. The minimum atomic E-state index is -4.70. The van der Waals surface area contributed by atoms with Crippen LogP contribution in [0.25, 0.3) is 0 Å². The molecule has 1 heterocycles. The van der Waals surface area contributed by atoms with Crippen molar-refractivity contribution in [1.29, 1.82) is 0 Å². The van der Waals surface area contributed by atoms with Crippen molar-refractivity contribution in [3.8, 4) is 5.75 Å². The Morgan fingerprint density at radius 1 is 1.14 bits per heavy atom. The van der Waals surface area contributed by atoms with Gasteiger partial charge in [0.05, 0.1) is 38.1 Å². The van der Waals surface area contributed by atoms with Gasteiger partial charge in [-0.15, -0.1) is 0 Å². The molecule has 154 valence electrons. The molecule has 1 aromatic rings. The Bertz CT molecular complexity index is 788. The average molecular weight is 403 g/mol. The number of hydrogen-bond donors (Lipinski definition) is 0. The van der Waals surface area contributed by atoms with Gasteiger partial charge in [-0.3, -0.25) is 0 Å². The SMILES string of the molecule is COC(=O)C1=C(C(=O)OC)N(c2ccc(OC(C)C)c(C(F)(F)F)c2)COC1. The van der Waals surface area contributed by atoms with Gasteiger partial charge in [-0.25, -0.2) is 9.59 Å². The van der Waals surface area contributed by atoms with Crippen LogP contribution < -0.4 is 9.64 Å². The van der Waals surface area contributed by atoms with Crippen LogP contribution in [0.3, 0.4) is 0 Å². The van der Waals surface area contributed by atoms with E-state index in [1.54, 1.807) is 13.8 Å². The van der Waals surface area contributed by atoms with Gasteiger partial charge in [0, 0.05) is 5.69 Å². The van der Waals surface area contributed by atoms with E-state index in [2.05, 4.69) is 4.74 Å². The first-order chi connectivity index (χ1) is 13.1. The number of halogens is 3. The van der Waals surface area contributed by atoms with Crippen molar-refractivity contribution in [3.05, 3.63) is 35.0 Å². The second kappa shape index (κ2) is 8.51. The van der Waals surface area contributed by atoms with Crippen molar-refractivity contribution in [2.24, 2.45) is 0 Å². The molecule has 0 saturated heterocycles. The summed E-state index contributed by atoms with van der Waals surface area (Å²) in [7, 11) is 2.21. The number of anilines is 1. The summed E-state index contributed by atoms with van der Waals surface area (Å²) in [4.78, 5) is 25.3. The van der Waals surface area contributed by atoms with E-state index in [0.717, 1.165) is 31.3 Å². The summed E-state index contributed by atoms with van der Waals surface area (Å²) in [5.41, 5.74) is -1.44. The number of esters is 2. The molecule has 10 heteroatoms. The summed E-state index contributed by atoms with van der Waals surface area (Å²) in [5.74, 6) is -2.10. The smallest absolute Gasteiger partial charge is 0.420 e. The number of benzene rings is 1. The molecule has 0 fully saturated rings. The molecule has 0 N–H and O–H groups in total. The van der Waals surface area contributed by atoms with E-state index in [0.29, 0.717) is 0 Å². The summed E-state index contributed by atoms with van der Waals surface area (Å²) >= 11 is 0. The van der Waals surface area contributed by atoms with Crippen LogP contribution in [0.4, 0.5) is 18.9 Å². The summed E-state index contributed by atoms with van der Waals surface area (Å²) < 4.78 is 60.4. The van der Waals surface area contributed by atoms with Crippen LogP contribution in [0.2, 0.25) is 0 Å². The lowest BCUT2D eigenvalue weighted by Crippen LogP contribution is -2.38. The number of alkyl halides is 3. The van der Waals surface area contributed by atoms with Crippen LogP contribution in [0.5, 0.6) is 5.75 Å². The second-order valence-electron chi connectivity index (χ2n) is 6.06. The van der Waals surface area contributed by atoms with Crippen LogP contribution >= 0.6 is 0 Å². The average Bonchev–Trinajstić information content (AvgIpc) is 2.65. The first-order valence-electron chi connectivity index (χ1n) is 8.23. The van der Waals surface area contributed by atoms with E-state index in [1.165, 1.54) is 6.07 Å². The molecule has 28 heavy (non-hydrogen) atoms. The summed E-state index contributed by atoms with van der Waals surface area (Å²) in [6, 6.07) is 3.31. The number of carbonyl (C=O) groups is 2. The zero-order chi connectivity index (χ0) is 21.1. The highest BCUT2D eigenvalue weighted by atomic mass is 19.4. The normalized spacial score (nSPS) is 14.9. The Balaban J connectivity index is 2.61. The standard InChI is InChI=1S/C18H20F3NO6/c1-10(2)28-14-6-5-11(7-13(14)18(19,20)21)22-9-27-8-12(16(23)25-3)15(22)17(24)26-4/h5-7,10H,8-9H2,1-4H3. The number of ether oxygens (including phenoxy) is 4. The van der Waals surface area contributed by atoms with E-state index in [1.807, 2.05) is 0 Å². The Labute approximate surface area is 159 Å². The minimum Gasteiger partial charge on any atom is -0.490 e. The first-order valence-corrected chi connectivity index (χ1v) is 8.23. The minimum absolute atomic E-state index is 0.0232. The second-order valence-corrected chi connectivity index (χ2v) is 6.06. The van der Waals surface area contributed by atoms with Gasteiger partial charge in [-0.1, -0.05) is 0 Å². The molecule has 0 unspecified atom stereocenters. The molecule has 0 amide bonds. The quantitative estimate of drug-likeness (QED) is 0.700. The van der Waals surface area contributed by atoms with Crippen LogP contribution in [0, 0.1) is 0 Å². The molecular weight excluding hydrogens is 383 g/mol. The zero-order valence-electron chi connectivity index (χ0n) is 15.8. The van der Waals surface area contributed by atoms with Crippen molar-refractivity contribution >= 4 is 17.6 Å². The Hall–Kier alpha value is -2.75. The van der Waals surface area contributed by atoms with Crippen molar-refractivity contribution in [3.63, 3.8) is 0 Å². The molecule has 0 atom stereocenters. The van der Waals surface area contributed by atoms with Gasteiger partial charge in [0.1, 0.15) is 18.2 Å². The first kappa shape index (κ1) is 21.5. The lowest BCUT2D eigenvalue weighted by molar-refractivity contribution is -0.140. The topological polar surface area (TPSA) is 74.3 Å². The third-order valence-electron chi connectivity index (χ3n) is 3.78. The maximum Gasteiger partial charge on any atom is 0.420 e. The number of methoxy groups -OCH3 is 2. The largest absolute Gasteiger partial charge is 0.490 e. The lowest BCUT2D eigenvalue weighted by atomic mass is 10.1. The molecule has 0 spiro atoms. The van der Waals surface area contributed by atoms with Gasteiger partial charge < -0.3 is 23.8 Å². The van der Waals surface area contributed by atoms with E-state index in [9.17, 15) is 22.8 Å². The Morgan fingerprint density at radius 3 is 2.32 bits per heavy atom. The zero-order valence-corrected chi connectivity index (χ0v) is 15.8. The molecule has 0 saturated carbocycles. The molecule has 1 aliphatic rings. The van der Waals surface area contributed by atoms with E-state index in [-0.39, 0.29) is 36.0 Å². The summed E-state index contributed by atoms with van der Waals surface area (Å²) in [6.45, 7) is 2.71. The maximum absolute atomic E-state index is 13.5. The van der Waals surface area contributed by atoms with Crippen LogP contribution in [0.1, 0.15) is 19.4 Å². The third-order valence-corrected chi connectivity index (χ3v) is 3.78. The predicted octanol–water partition coefficient (Wildman–Crippen LogP) is 2.89. The fraction of sp³-hybridized carbons (Fsp3) is 0.444. The van der Waals surface area contributed by atoms with Crippen LogP contribution in [-0.4, -0.2) is 45.6 Å². The molecule has 1 aromatic carbocycles. The number of carbonyl (C=O) groups excluding carboxylic acids is 2. The number of hydrogen-bond acceptors (Lipinski definition) is 7.